The fourth-order valence-electron chi connectivity index (χ4n) is 4.28. The molecule has 1 aromatic carbocycles. The fourth-order valence-corrected chi connectivity index (χ4v) is 4.47. The van der Waals surface area contributed by atoms with Crippen LogP contribution in [-0.4, -0.2) is 48.3 Å². The molecule has 3 aromatic rings. The number of anilines is 1. The maximum Gasteiger partial charge on any atom is 0.243 e. The highest BCUT2D eigenvalue weighted by molar-refractivity contribution is 6.30. The summed E-state index contributed by atoms with van der Waals surface area (Å²) in [4.78, 5) is 39.8. The van der Waals surface area contributed by atoms with Crippen LogP contribution in [0.1, 0.15) is 18.4 Å². The van der Waals surface area contributed by atoms with Gasteiger partial charge in [0.15, 0.2) is 11.5 Å². The second-order valence-electron chi connectivity index (χ2n) is 7.85. The zero-order valence-electron chi connectivity index (χ0n) is 16.3. The number of imidazole rings is 1. The molecule has 3 heterocycles. The first-order valence-corrected chi connectivity index (χ1v) is 10.2. The van der Waals surface area contributed by atoms with Gasteiger partial charge in [0.25, 0.3) is 0 Å². The number of nitrogens with one attached hydrogen (secondary N) is 1. The summed E-state index contributed by atoms with van der Waals surface area (Å²) >= 11 is 5.80. The minimum Gasteiger partial charge on any atom is -0.382 e. The van der Waals surface area contributed by atoms with Crippen molar-refractivity contribution in [2.45, 2.75) is 38.0 Å². The van der Waals surface area contributed by atoms with Crippen molar-refractivity contribution in [3.8, 4) is 0 Å². The molecule has 5 rings (SSSR count). The van der Waals surface area contributed by atoms with Crippen LogP contribution >= 0.6 is 11.6 Å². The fraction of sp³-hybridized carbons (Fsp3) is 0.350. The number of likely N-dealkylation sites (tertiary alicyclic amines) is 1. The zero-order valence-corrected chi connectivity index (χ0v) is 17.1. The van der Waals surface area contributed by atoms with E-state index < -0.39 is 11.9 Å². The molecule has 0 bridgehead atoms. The molecule has 1 saturated heterocycles. The highest BCUT2D eigenvalue weighted by Gasteiger charge is 2.55. The molecule has 1 aliphatic carbocycles. The van der Waals surface area contributed by atoms with Crippen LogP contribution < -0.4 is 11.1 Å². The molecule has 0 spiro atoms. The Kier molecular flexibility index (Phi) is 4.73. The normalized spacial score (nSPS) is 21.9. The van der Waals surface area contributed by atoms with Gasteiger partial charge >= 0.3 is 0 Å². The molecule has 2 amide bonds. The van der Waals surface area contributed by atoms with Gasteiger partial charge in [-0.2, -0.15) is 0 Å². The van der Waals surface area contributed by atoms with Crippen molar-refractivity contribution < 1.29 is 14.0 Å². The number of nitrogen functional groups attached to an aromatic ring is 1. The standard InChI is InChI=1S/C20H19ClFN7O2/c21-12-3-1-2-10(16(12)22)6-24-20(31)14-5-11-4-13(11)29(14)15(30)7-28-9-27-17-18(23)25-8-26-19(17)28/h1-3,8-9,11,13-14H,4-7H2,(H,24,31)(H2,23,25,26)/t11-,13?,14+/m1/s1. The third-order valence-corrected chi connectivity index (χ3v) is 6.21. The van der Waals surface area contributed by atoms with Crippen molar-refractivity contribution in [3.05, 3.63) is 47.3 Å². The molecule has 2 fully saturated rings. The molecule has 0 radical (unpaired) electrons. The SMILES string of the molecule is Nc1ncnc2c1ncn2CC(=O)N1C2C[C@@H]2C[C@H]1C(=O)NCc1cccc(Cl)c1F. The Morgan fingerprint density at radius 2 is 2.10 bits per heavy atom. The average molecular weight is 444 g/mol. The van der Waals surface area contributed by atoms with E-state index in [1.54, 1.807) is 21.6 Å². The predicted molar refractivity (Wildman–Crippen MR) is 110 cm³/mol. The van der Waals surface area contributed by atoms with Gasteiger partial charge in [0.05, 0.1) is 11.3 Å². The summed E-state index contributed by atoms with van der Waals surface area (Å²) in [5.41, 5.74) is 6.99. The summed E-state index contributed by atoms with van der Waals surface area (Å²) in [6.07, 6.45) is 4.29. The molecule has 1 saturated carbocycles. The Labute approximate surface area is 181 Å². The van der Waals surface area contributed by atoms with Crippen LogP contribution in [0.25, 0.3) is 11.2 Å². The molecule has 31 heavy (non-hydrogen) atoms. The number of nitrogens with two attached hydrogens (primary N) is 1. The van der Waals surface area contributed by atoms with Crippen molar-refractivity contribution in [3.63, 3.8) is 0 Å². The van der Waals surface area contributed by atoms with Gasteiger partial charge in [-0.15, -0.1) is 0 Å². The molecule has 3 N–H and O–H groups in total. The lowest BCUT2D eigenvalue weighted by molar-refractivity contribution is -0.140. The molecule has 2 aromatic heterocycles. The average Bonchev–Trinajstić information content (AvgIpc) is 3.21. The zero-order chi connectivity index (χ0) is 21.7. The number of hydrogen-bond acceptors (Lipinski definition) is 6. The van der Waals surface area contributed by atoms with Crippen LogP contribution in [0.3, 0.4) is 0 Å². The van der Waals surface area contributed by atoms with Crippen LogP contribution in [-0.2, 0) is 22.7 Å². The lowest BCUT2D eigenvalue weighted by Crippen LogP contribution is -2.48. The second-order valence-corrected chi connectivity index (χ2v) is 8.26. The van der Waals surface area contributed by atoms with Gasteiger partial charge in [0.1, 0.15) is 30.2 Å². The van der Waals surface area contributed by atoms with Gasteiger partial charge in [-0.1, -0.05) is 23.7 Å². The summed E-state index contributed by atoms with van der Waals surface area (Å²) in [5, 5.41) is 2.75. The number of benzene rings is 1. The summed E-state index contributed by atoms with van der Waals surface area (Å²) < 4.78 is 15.7. The number of carbonyl (C=O) groups excluding carboxylic acids is 2. The highest BCUT2D eigenvalue weighted by Crippen LogP contribution is 2.48. The first kappa shape index (κ1) is 19.7. The molecule has 11 heteroatoms. The number of carbonyl (C=O) groups is 2. The Morgan fingerprint density at radius 3 is 2.94 bits per heavy atom. The Morgan fingerprint density at radius 1 is 1.26 bits per heavy atom. The number of amides is 2. The smallest absolute Gasteiger partial charge is 0.243 e. The van der Waals surface area contributed by atoms with E-state index in [1.807, 2.05) is 0 Å². The van der Waals surface area contributed by atoms with Crippen LogP contribution in [0, 0.1) is 11.7 Å². The quantitative estimate of drug-likeness (QED) is 0.617. The maximum absolute atomic E-state index is 14.1. The third-order valence-electron chi connectivity index (χ3n) is 5.91. The van der Waals surface area contributed by atoms with E-state index in [0.717, 1.165) is 6.42 Å². The number of nitrogens with zero attached hydrogens (tertiary/aromatic N) is 5. The lowest BCUT2D eigenvalue weighted by atomic mass is 10.1. The molecule has 9 nitrogen and oxygen atoms in total. The van der Waals surface area contributed by atoms with Gasteiger partial charge in [-0.3, -0.25) is 9.59 Å². The molecule has 1 aliphatic heterocycles. The van der Waals surface area contributed by atoms with Crippen molar-refractivity contribution in [1.29, 1.82) is 0 Å². The second kappa shape index (κ2) is 7.45. The van der Waals surface area contributed by atoms with E-state index in [2.05, 4.69) is 20.3 Å². The van der Waals surface area contributed by atoms with Crippen molar-refractivity contribution in [2.24, 2.45) is 5.92 Å². The number of fused-ring (bicyclic) bond motifs is 2. The first-order valence-electron chi connectivity index (χ1n) is 9.87. The van der Waals surface area contributed by atoms with Crippen molar-refractivity contribution >= 4 is 40.4 Å². The summed E-state index contributed by atoms with van der Waals surface area (Å²) in [7, 11) is 0. The first-order chi connectivity index (χ1) is 14.9. The van der Waals surface area contributed by atoms with E-state index in [9.17, 15) is 14.0 Å². The highest BCUT2D eigenvalue weighted by atomic mass is 35.5. The maximum atomic E-state index is 14.1. The molecule has 3 atom stereocenters. The van der Waals surface area contributed by atoms with Crippen molar-refractivity contribution in [1.82, 2.24) is 29.7 Å². The summed E-state index contributed by atoms with van der Waals surface area (Å²) in [6.45, 7) is -0.00960. The van der Waals surface area contributed by atoms with Gasteiger partial charge < -0.3 is 20.5 Å². The molecular weight excluding hydrogens is 425 g/mol. The number of halogens is 2. The number of aromatic nitrogens is 4. The number of hydrogen-bond donors (Lipinski definition) is 2. The van der Waals surface area contributed by atoms with Crippen LogP contribution in [0.5, 0.6) is 0 Å². The monoisotopic (exact) mass is 443 g/mol. The Bertz CT molecular complexity index is 1200. The number of piperidine rings is 1. The van der Waals surface area contributed by atoms with Crippen LogP contribution in [0.15, 0.2) is 30.9 Å². The van der Waals surface area contributed by atoms with Crippen LogP contribution in [0.4, 0.5) is 10.2 Å². The third kappa shape index (κ3) is 3.46. The minimum atomic E-state index is -0.590. The predicted octanol–water partition coefficient (Wildman–Crippen LogP) is 1.51. The minimum absolute atomic E-state index is 0.00143. The van der Waals surface area contributed by atoms with E-state index in [4.69, 9.17) is 17.3 Å². The molecule has 2 aliphatic rings. The van der Waals surface area contributed by atoms with Gasteiger partial charge in [0.2, 0.25) is 11.8 Å². The summed E-state index contributed by atoms with van der Waals surface area (Å²) in [6, 6.07) is 4.10. The van der Waals surface area contributed by atoms with E-state index in [1.165, 1.54) is 18.7 Å². The Balaban J connectivity index is 1.30. The number of rotatable bonds is 5. The van der Waals surface area contributed by atoms with Gasteiger partial charge in [0, 0.05) is 18.2 Å². The topological polar surface area (TPSA) is 119 Å². The Hall–Kier alpha value is -3.27. The molecular formula is C20H19ClFN7O2. The lowest BCUT2D eigenvalue weighted by Gasteiger charge is -2.27. The largest absolute Gasteiger partial charge is 0.382 e. The van der Waals surface area contributed by atoms with Gasteiger partial charge in [-0.05, 0) is 24.8 Å². The van der Waals surface area contributed by atoms with E-state index >= 15 is 0 Å². The van der Waals surface area contributed by atoms with E-state index in [-0.39, 0.29) is 41.8 Å². The summed E-state index contributed by atoms with van der Waals surface area (Å²) in [5.74, 6) is -0.497. The van der Waals surface area contributed by atoms with Crippen molar-refractivity contribution in [2.75, 3.05) is 5.73 Å². The molecule has 1 unspecified atom stereocenters. The molecule has 160 valence electrons. The van der Waals surface area contributed by atoms with E-state index in [0.29, 0.717) is 29.1 Å². The van der Waals surface area contributed by atoms with Gasteiger partial charge in [-0.25, -0.2) is 19.3 Å². The van der Waals surface area contributed by atoms with Crippen LogP contribution in [0.2, 0.25) is 5.02 Å².